The Kier molecular flexibility index (Phi) is 3.15. The van der Waals surface area contributed by atoms with Crippen molar-refractivity contribution in [2.45, 2.75) is 20.0 Å². The van der Waals surface area contributed by atoms with Crippen LogP contribution < -0.4 is 5.32 Å². The van der Waals surface area contributed by atoms with Crippen LogP contribution in [0.2, 0.25) is 0 Å². The zero-order valence-electron chi connectivity index (χ0n) is 8.73. The summed E-state index contributed by atoms with van der Waals surface area (Å²) in [6, 6.07) is 5.98. The maximum absolute atomic E-state index is 4.99. The van der Waals surface area contributed by atoms with E-state index < -0.39 is 0 Å². The molecule has 0 saturated carbocycles. The Morgan fingerprint density at radius 2 is 2.27 bits per heavy atom. The van der Waals surface area contributed by atoms with E-state index in [9.17, 15) is 0 Å². The Bertz CT molecular complexity index is 409. The van der Waals surface area contributed by atoms with Crippen molar-refractivity contribution >= 4 is 0 Å². The zero-order chi connectivity index (χ0) is 10.5. The van der Waals surface area contributed by atoms with Crippen LogP contribution in [0.25, 0.3) is 0 Å². The molecule has 0 amide bonds. The Labute approximate surface area is 89.1 Å². The molecular formula is C12H14N2O. The van der Waals surface area contributed by atoms with Crippen molar-refractivity contribution in [1.29, 1.82) is 0 Å². The molecule has 1 N–H and O–H groups in total. The van der Waals surface area contributed by atoms with E-state index in [-0.39, 0.29) is 0 Å². The van der Waals surface area contributed by atoms with Gasteiger partial charge in [0, 0.05) is 24.8 Å². The second-order valence-electron chi connectivity index (χ2n) is 3.50. The lowest BCUT2D eigenvalue weighted by Crippen LogP contribution is -2.14. The van der Waals surface area contributed by atoms with Crippen molar-refractivity contribution in [3.05, 3.63) is 53.7 Å². The van der Waals surface area contributed by atoms with Gasteiger partial charge in [-0.25, -0.2) is 0 Å². The van der Waals surface area contributed by atoms with Gasteiger partial charge in [0.1, 0.15) is 0 Å². The van der Waals surface area contributed by atoms with Gasteiger partial charge in [-0.2, -0.15) is 0 Å². The topological polar surface area (TPSA) is 38.1 Å². The van der Waals surface area contributed by atoms with Crippen molar-refractivity contribution in [3.8, 4) is 0 Å². The zero-order valence-corrected chi connectivity index (χ0v) is 8.73. The third-order valence-electron chi connectivity index (χ3n) is 2.32. The average molecular weight is 202 g/mol. The van der Waals surface area contributed by atoms with Gasteiger partial charge in [0.25, 0.3) is 0 Å². The highest BCUT2D eigenvalue weighted by Crippen LogP contribution is 2.03. The van der Waals surface area contributed by atoms with Gasteiger partial charge in [0.05, 0.1) is 18.2 Å². The van der Waals surface area contributed by atoms with Crippen molar-refractivity contribution in [1.82, 2.24) is 10.3 Å². The highest BCUT2D eigenvalue weighted by atomic mass is 16.3. The lowest BCUT2D eigenvalue weighted by atomic mass is 10.2. The van der Waals surface area contributed by atoms with E-state index in [1.54, 1.807) is 12.5 Å². The quantitative estimate of drug-likeness (QED) is 0.826. The van der Waals surface area contributed by atoms with Crippen LogP contribution in [-0.4, -0.2) is 4.98 Å². The first kappa shape index (κ1) is 9.93. The van der Waals surface area contributed by atoms with Crippen molar-refractivity contribution < 1.29 is 4.42 Å². The molecule has 0 aliphatic carbocycles. The summed E-state index contributed by atoms with van der Waals surface area (Å²) in [5, 5.41) is 3.32. The maximum Gasteiger partial charge on any atom is 0.0947 e. The van der Waals surface area contributed by atoms with Crippen LogP contribution in [0.15, 0.2) is 41.3 Å². The van der Waals surface area contributed by atoms with Gasteiger partial charge in [0.2, 0.25) is 0 Å². The molecular weight excluding hydrogens is 188 g/mol. The third kappa shape index (κ3) is 2.67. The Morgan fingerprint density at radius 3 is 3.00 bits per heavy atom. The van der Waals surface area contributed by atoms with E-state index in [0.29, 0.717) is 0 Å². The number of aryl methyl sites for hydroxylation is 1. The molecule has 0 fully saturated rings. The van der Waals surface area contributed by atoms with Gasteiger partial charge < -0.3 is 9.73 Å². The van der Waals surface area contributed by atoms with Crippen LogP contribution in [0.3, 0.4) is 0 Å². The summed E-state index contributed by atoms with van der Waals surface area (Å²) in [4.78, 5) is 4.31. The van der Waals surface area contributed by atoms with Gasteiger partial charge in [-0.3, -0.25) is 4.98 Å². The maximum atomic E-state index is 4.99. The molecule has 3 heteroatoms. The summed E-state index contributed by atoms with van der Waals surface area (Å²) in [5.74, 6) is 0. The fourth-order valence-electron chi connectivity index (χ4n) is 1.42. The highest BCUT2D eigenvalue weighted by molar-refractivity contribution is 5.17. The largest absolute Gasteiger partial charge is 0.472 e. The predicted octanol–water partition coefficient (Wildman–Crippen LogP) is 2.27. The smallest absolute Gasteiger partial charge is 0.0947 e. The predicted molar refractivity (Wildman–Crippen MR) is 58.2 cm³/mol. The average Bonchev–Trinajstić information content (AvgIpc) is 2.74. The number of furan rings is 1. The first-order valence-corrected chi connectivity index (χ1v) is 4.98. The molecule has 0 radical (unpaired) electrons. The van der Waals surface area contributed by atoms with Crippen LogP contribution in [0.1, 0.15) is 16.8 Å². The molecule has 2 heterocycles. The molecule has 0 bridgehead atoms. The summed E-state index contributed by atoms with van der Waals surface area (Å²) in [7, 11) is 0. The van der Waals surface area contributed by atoms with E-state index in [1.807, 2.05) is 18.3 Å². The summed E-state index contributed by atoms with van der Waals surface area (Å²) < 4.78 is 4.99. The Balaban J connectivity index is 1.86. The number of aromatic nitrogens is 1. The highest BCUT2D eigenvalue weighted by Gasteiger charge is 1.98. The molecule has 0 aliphatic rings. The normalized spacial score (nSPS) is 10.5. The Hall–Kier alpha value is -1.61. The number of nitrogens with one attached hydrogen (secondary N) is 1. The first-order chi connectivity index (χ1) is 7.36. The van der Waals surface area contributed by atoms with Gasteiger partial charge in [0.15, 0.2) is 0 Å². The van der Waals surface area contributed by atoms with Crippen molar-refractivity contribution in [2.24, 2.45) is 0 Å². The number of nitrogens with zero attached hydrogens (tertiary/aromatic N) is 1. The van der Waals surface area contributed by atoms with E-state index >= 15 is 0 Å². The minimum absolute atomic E-state index is 0.790. The van der Waals surface area contributed by atoms with Gasteiger partial charge in [-0.05, 0) is 24.6 Å². The van der Waals surface area contributed by atoms with Crippen molar-refractivity contribution in [3.63, 3.8) is 0 Å². The molecule has 2 aromatic heterocycles. The third-order valence-corrected chi connectivity index (χ3v) is 2.32. The minimum Gasteiger partial charge on any atom is -0.472 e. The standard InChI is InChI=1S/C12H14N2O/c1-10-3-2-5-14-12(10)8-13-7-11-4-6-15-9-11/h2-6,9,13H,7-8H2,1H3. The molecule has 2 rings (SSSR count). The molecule has 0 atom stereocenters. The van der Waals surface area contributed by atoms with Crippen LogP contribution in [0.4, 0.5) is 0 Å². The molecule has 0 saturated heterocycles. The fraction of sp³-hybridized carbons (Fsp3) is 0.250. The summed E-state index contributed by atoms with van der Waals surface area (Å²) >= 11 is 0. The molecule has 2 aromatic rings. The molecule has 3 nitrogen and oxygen atoms in total. The van der Waals surface area contributed by atoms with Crippen LogP contribution in [0.5, 0.6) is 0 Å². The first-order valence-electron chi connectivity index (χ1n) is 4.98. The SMILES string of the molecule is Cc1cccnc1CNCc1ccoc1. The van der Waals surface area contributed by atoms with Crippen molar-refractivity contribution in [2.75, 3.05) is 0 Å². The second-order valence-corrected chi connectivity index (χ2v) is 3.50. The monoisotopic (exact) mass is 202 g/mol. The molecule has 78 valence electrons. The lowest BCUT2D eigenvalue weighted by molar-refractivity contribution is 0.560. The fourth-order valence-corrected chi connectivity index (χ4v) is 1.42. The minimum atomic E-state index is 0.790. The van der Waals surface area contributed by atoms with Gasteiger partial charge in [-0.1, -0.05) is 6.07 Å². The summed E-state index contributed by atoms with van der Waals surface area (Å²) in [6.07, 6.45) is 5.25. The van der Waals surface area contributed by atoms with E-state index in [0.717, 1.165) is 24.3 Å². The Morgan fingerprint density at radius 1 is 1.33 bits per heavy atom. The number of hydrogen-bond donors (Lipinski definition) is 1. The summed E-state index contributed by atoms with van der Waals surface area (Å²) in [5.41, 5.74) is 3.47. The van der Waals surface area contributed by atoms with Crippen LogP contribution >= 0.6 is 0 Å². The number of pyridine rings is 1. The van der Waals surface area contributed by atoms with Crippen LogP contribution in [-0.2, 0) is 13.1 Å². The molecule has 0 spiro atoms. The lowest BCUT2D eigenvalue weighted by Gasteiger charge is -2.04. The second kappa shape index (κ2) is 4.75. The number of rotatable bonds is 4. The molecule has 0 aromatic carbocycles. The van der Waals surface area contributed by atoms with E-state index in [1.165, 1.54) is 5.56 Å². The molecule has 0 aliphatic heterocycles. The van der Waals surface area contributed by atoms with E-state index in [4.69, 9.17) is 4.42 Å². The molecule has 0 unspecified atom stereocenters. The van der Waals surface area contributed by atoms with Crippen LogP contribution in [0, 0.1) is 6.92 Å². The number of hydrogen-bond acceptors (Lipinski definition) is 3. The van der Waals surface area contributed by atoms with E-state index in [2.05, 4.69) is 23.3 Å². The van der Waals surface area contributed by atoms with Gasteiger partial charge in [-0.15, -0.1) is 0 Å². The molecule has 15 heavy (non-hydrogen) atoms. The summed E-state index contributed by atoms with van der Waals surface area (Å²) in [6.45, 7) is 3.67. The van der Waals surface area contributed by atoms with Gasteiger partial charge >= 0.3 is 0 Å².